The van der Waals surface area contributed by atoms with Gasteiger partial charge in [-0.3, -0.25) is 14.4 Å². The summed E-state index contributed by atoms with van der Waals surface area (Å²) in [7, 11) is -3.85. The summed E-state index contributed by atoms with van der Waals surface area (Å²) in [6, 6.07) is 10.5. The lowest BCUT2D eigenvalue weighted by Crippen LogP contribution is -2.33. The molecule has 0 radical (unpaired) electrons. The quantitative estimate of drug-likeness (QED) is 0.743. The van der Waals surface area contributed by atoms with Crippen LogP contribution in [0.15, 0.2) is 42.5 Å². The number of hydrogen-bond acceptors (Lipinski definition) is 5. The number of rotatable bonds is 4. The molecule has 158 valence electrons. The lowest BCUT2D eigenvalue weighted by molar-refractivity contribution is -0.123. The van der Waals surface area contributed by atoms with Crippen molar-refractivity contribution in [3.05, 3.63) is 53.1 Å². The van der Waals surface area contributed by atoms with Crippen LogP contribution in [-0.4, -0.2) is 31.9 Å². The van der Waals surface area contributed by atoms with Gasteiger partial charge in [0.05, 0.1) is 27.4 Å². The molecule has 0 spiro atoms. The summed E-state index contributed by atoms with van der Waals surface area (Å²) in [6.07, 6.45) is 0. The smallest absolute Gasteiger partial charge is 0.257 e. The highest BCUT2D eigenvalue weighted by molar-refractivity contribution is 7.94. The van der Waals surface area contributed by atoms with Crippen LogP contribution in [0.5, 0.6) is 0 Å². The van der Waals surface area contributed by atoms with E-state index >= 15 is 0 Å². The summed E-state index contributed by atoms with van der Waals surface area (Å²) < 4.78 is 25.7. The van der Waals surface area contributed by atoms with Crippen molar-refractivity contribution in [1.29, 1.82) is 0 Å². The van der Waals surface area contributed by atoms with Crippen LogP contribution >= 0.6 is 11.6 Å². The molecule has 1 fully saturated rings. The van der Waals surface area contributed by atoms with E-state index in [0.29, 0.717) is 11.4 Å². The summed E-state index contributed by atoms with van der Waals surface area (Å²) in [5, 5.41) is 5.38. The molecule has 8 nitrogen and oxygen atoms in total. The first-order chi connectivity index (χ1) is 13.9. The van der Waals surface area contributed by atoms with Crippen molar-refractivity contribution in [2.45, 2.75) is 20.8 Å². The van der Waals surface area contributed by atoms with Crippen LogP contribution in [0.3, 0.4) is 0 Å². The Morgan fingerprint density at radius 3 is 2.10 bits per heavy atom. The monoisotopic (exact) mass is 449 g/mol. The Balaban J connectivity index is 1.88. The largest absolute Gasteiger partial charge is 0.326 e. The number of anilines is 3. The maximum absolute atomic E-state index is 12.7. The number of amides is 3. The zero-order chi connectivity index (χ0) is 22.3. The second-order valence-corrected chi connectivity index (χ2v) is 9.81. The van der Waals surface area contributed by atoms with E-state index < -0.39 is 27.3 Å². The number of nitrogens with one attached hydrogen (secondary N) is 2. The van der Waals surface area contributed by atoms with Crippen molar-refractivity contribution in [3.63, 3.8) is 0 Å². The molecule has 0 unspecified atom stereocenters. The fourth-order valence-corrected chi connectivity index (χ4v) is 5.42. The highest BCUT2D eigenvalue weighted by Crippen LogP contribution is 2.37. The fourth-order valence-electron chi connectivity index (χ4n) is 3.11. The van der Waals surface area contributed by atoms with Gasteiger partial charge in [-0.2, -0.15) is 0 Å². The summed E-state index contributed by atoms with van der Waals surface area (Å²) in [4.78, 5) is 36.4. The molecule has 3 amide bonds. The van der Waals surface area contributed by atoms with Crippen molar-refractivity contribution in [3.8, 4) is 0 Å². The van der Waals surface area contributed by atoms with Gasteiger partial charge < -0.3 is 10.6 Å². The molecule has 2 N–H and O–H groups in total. The van der Waals surface area contributed by atoms with Crippen LogP contribution in [0.2, 0.25) is 5.02 Å². The molecule has 0 aliphatic carbocycles. The zero-order valence-electron chi connectivity index (χ0n) is 16.5. The first-order valence-electron chi connectivity index (χ1n) is 8.97. The fraction of sp³-hybridized carbons (Fsp3) is 0.250. The van der Waals surface area contributed by atoms with Crippen LogP contribution < -0.4 is 14.9 Å². The molecule has 30 heavy (non-hydrogen) atoms. The van der Waals surface area contributed by atoms with Crippen molar-refractivity contribution >= 4 is 56.4 Å². The van der Waals surface area contributed by atoms with Gasteiger partial charge in [0.1, 0.15) is 0 Å². The Labute approximate surface area is 179 Å². The van der Waals surface area contributed by atoms with E-state index in [0.717, 1.165) is 4.31 Å². The molecule has 10 heteroatoms. The average molecular weight is 450 g/mol. The van der Waals surface area contributed by atoms with Gasteiger partial charge in [-0.05, 0) is 56.3 Å². The molecule has 2 aromatic carbocycles. The van der Waals surface area contributed by atoms with Crippen LogP contribution in [0.4, 0.5) is 17.1 Å². The average Bonchev–Trinajstić information content (AvgIpc) is 2.79. The van der Waals surface area contributed by atoms with Crippen LogP contribution in [-0.2, 0) is 19.6 Å². The molecule has 1 saturated heterocycles. The second kappa shape index (κ2) is 7.73. The summed E-state index contributed by atoms with van der Waals surface area (Å²) >= 11 is 6.15. The Morgan fingerprint density at radius 1 is 1.03 bits per heavy atom. The van der Waals surface area contributed by atoms with Crippen molar-refractivity contribution < 1.29 is 22.8 Å². The van der Waals surface area contributed by atoms with Crippen LogP contribution in [0.1, 0.15) is 31.1 Å². The third-order valence-corrected chi connectivity index (χ3v) is 6.83. The molecule has 1 aliphatic rings. The first-order valence-corrected chi connectivity index (χ1v) is 11.0. The van der Waals surface area contributed by atoms with Gasteiger partial charge in [0.2, 0.25) is 21.8 Å². The lowest BCUT2D eigenvalue weighted by Gasteiger charge is -2.18. The highest BCUT2D eigenvalue weighted by Gasteiger charge is 2.50. The van der Waals surface area contributed by atoms with Gasteiger partial charge in [-0.15, -0.1) is 0 Å². The second-order valence-electron chi connectivity index (χ2n) is 7.59. The minimum absolute atomic E-state index is 0.0211. The Morgan fingerprint density at radius 2 is 1.60 bits per heavy atom. The number of nitrogens with zero attached hydrogens (tertiary/aromatic N) is 1. The first kappa shape index (κ1) is 21.8. The van der Waals surface area contributed by atoms with E-state index in [2.05, 4.69) is 10.6 Å². The van der Waals surface area contributed by atoms with E-state index in [4.69, 9.17) is 11.6 Å². The molecule has 2 aromatic rings. The minimum atomic E-state index is -3.85. The van der Waals surface area contributed by atoms with Gasteiger partial charge in [0.25, 0.3) is 5.91 Å². The standard InChI is InChI=1S/C20H20ClN3O5S/c1-12(25)22-13-4-6-14(7-5-13)23-18(26)16-10-15(8-9-17(16)21)24-19(27)20(2,3)11-30(24,28)29/h4-10H,11H2,1-3H3,(H,22,25)(H,23,26). The van der Waals surface area contributed by atoms with Gasteiger partial charge in [-0.25, -0.2) is 12.7 Å². The normalized spacial score (nSPS) is 16.9. The molecule has 1 heterocycles. The van der Waals surface area contributed by atoms with Gasteiger partial charge >= 0.3 is 0 Å². The number of halogens is 1. The minimum Gasteiger partial charge on any atom is -0.326 e. The Bertz CT molecular complexity index is 1140. The predicted molar refractivity (Wildman–Crippen MR) is 115 cm³/mol. The maximum Gasteiger partial charge on any atom is 0.257 e. The van der Waals surface area contributed by atoms with E-state index in [9.17, 15) is 22.8 Å². The SMILES string of the molecule is CC(=O)Nc1ccc(NC(=O)c2cc(N3C(=O)C(C)(C)CS3(=O)=O)ccc2Cl)cc1. The van der Waals surface area contributed by atoms with E-state index in [1.165, 1.54) is 25.1 Å². The summed E-state index contributed by atoms with van der Waals surface area (Å²) in [5.74, 6) is -1.67. The van der Waals surface area contributed by atoms with Crippen molar-refractivity contribution in [1.82, 2.24) is 0 Å². The molecule has 0 saturated carbocycles. The van der Waals surface area contributed by atoms with Crippen LogP contribution in [0.25, 0.3) is 0 Å². The summed E-state index contributed by atoms with van der Waals surface area (Å²) in [5.41, 5.74) is 0.0349. The van der Waals surface area contributed by atoms with Crippen molar-refractivity contribution in [2.75, 3.05) is 20.7 Å². The van der Waals surface area contributed by atoms with E-state index in [1.807, 2.05) is 0 Å². The predicted octanol–water partition coefficient (Wildman–Crippen LogP) is 3.25. The van der Waals surface area contributed by atoms with Gasteiger partial charge in [0, 0.05) is 18.3 Å². The number of sulfonamides is 1. The van der Waals surface area contributed by atoms with Crippen molar-refractivity contribution in [2.24, 2.45) is 5.41 Å². The number of carbonyl (C=O) groups excluding carboxylic acids is 3. The van der Waals surface area contributed by atoms with Gasteiger partial charge in [-0.1, -0.05) is 11.6 Å². The molecule has 1 aliphatic heterocycles. The zero-order valence-corrected chi connectivity index (χ0v) is 18.1. The number of carbonyl (C=O) groups is 3. The maximum atomic E-state index is 12.7. The number of hydrogen-bond donors (Lipinski definition) is 2. The Hall–Kier alpha value is -2.91. The number of benzene rings is 2. The Kier molecular flexibility index (Phi) is 5.62. The molecular weight excluding hydrogens is 430 g/mol. The topological polar surface area (TPSA) is 113 Å². The third-order valence-electron chi connectivity index (χ3n) is 4.48. The summed E-state index contributed by atoms with van der Waals surface area (Å²) in [6.45, 7) is 4.50. The molecule has 0 aromatic heterocycles. The van der Waals surface area contributed by atoms with E-state index in [1.54, 1.807) is 38.1 Å². The highest BCUT2D eigenvalue weighted by atomic mass is 35.5. The van der Waals surface area contributed by atoms with Gasteiger partial charge in [0.15, 0.2) is 0 Å². The molecule has 3 rings (SSSR count). The molecule has 0 bridgehead atoms. The van der Waals surface area contributed by atoms with E-state index in [-0.39, 0.29) is 27.9 Å². The molecular formula is C20H20ClN3O5S. The molecule has 0 atom stereocenters. The van der Waals surface area contributed by atoms with Crippen LogP contribution in [0, 0.1) is 5.41 Å². The lowest BCUT2D eigenvalue weighted by atomic mass is 9.95. The third kappa shape index (κ3) is 4.31.